The first-order valence-corrected chi connectivity index (χ1v) is 13.0. The fourth-order valence-corrected chi connectivity index (χ4v) is 6.28. The molecule has 4 heteroatoms. The second-order valence-electron chi connectivity index (χ2n) is 9.05. The number of nitrogens with zero attached hydrogens (tertiary/aromatic N) is 1. The van der Waals surface area contributed by atoms with Crippen LogP contribution in [-0.2, 0) is 19.4 Å². The van der Waals surface area contributed by atoms with Gasteiger partial charge in [-0.25, -0.2) is 4.99 Å². The number of rotatable bonds is 5. The first kappa shape index (κ1) is 21.8. The van der Waals surface area contributed by atoms with Gasteiger partial charge in [0, 0.05) is 23.2 Å². The maximum Gasteiger partial charge on any atom is 0.254 e. The Morgan fingerprint density at radius 2 is 1.51 bits per heavy atom. The number of fused-ring (bicyclic) bond motifs is 3. The summed E-state index contributed by atoms with van der Waals surface area (Å²) in [7, 11) is 0. The van der Waals surface area contributed by atoms with E-state index in [1.807, 2.05) is 36.5 Å². The SMILES string of the molecule is O=C(NCc1ccccc1)c1c(N=Cc2c3ccccc3cc3ccccc23)sc2c1CCCC2. The van der Waals surface area contributed by atoms with Crippen molar-refractivity contribution < 1.29 is 4.79 Å². The van der Waals surface area contributed by atoms with Crippen molar-refractivity contribution in [2.75, 3.05) is 0 Å². The second kappa shape index (κ2) is 9.47. The van der Waals surface area contributed by atoms with Crippen LogP contribution in [0.15, 0.2) is 89.9 Å². The summed E-state index contributed by atoms with van der Waals surface area (Å²) >= 11 is 1.68. The first-order chi connectivity index (χ1) is 17.3. The van der Waals surface area contributed by atoms with Gasteiger partial charge in [0.15, 0.2) is 0 Å². The van der Waals surface area contributed by atoms with E-state index in [1.54, 1.807) is 11.3 Å². The Morgan fingerprint density at radius 3 is 2.26 bits per heavy atom. The number of carbonyl (C=O) groups is 1. The zero-order valence-corrected chi connectivity index (χ0v) is 20.3. The molecule has 1 aromatic heterocycles. The van der Waals surface area contributed by atoms with Gasteiger partial charge in [0.05, 0.1) is 5.56 Å². The van der Waals surface area contributed by atoms with Crippen molar-refractivity contribution in [3.05, 3.63) is 112 Å². The van der Waals surface area contributed by atoms with Gasteiger partial charge in [-0.3, -0.25) is 4.79 Å². The minimum Gasteiger partial charge on any atom is -0.348 e. The van der Waals surface area contributed by atoms with E-state index in [0.717, 1.165) is 41.0 Å². The number of hydrogen-bond acceptors (Lipinski definition) is 3. The van der Waals surface area contributed by atoms with Crippen LogP contribution in [-0.4, -0.2) is 12.1 Å². The molecule has 3 nitrogen and oxygen atoms in total. The molecular formula is C31H26N2OS. The standard InChI is InChI=1S/C31H26N2OS/c34-30(32-19-21-10-2-1-3-11-21)29-26-16-8-9-17-28(26)35-31(29)33-20-27-24-14-6-4-12-22(24)18-23-13-5-7-15-25(23)27/h1-7,10-15,18,20H,8-9,16-17,19H2,(H,32,34). The van der Waals surface area contributed by atoms with Crippen molar-refractivity contribution >= 4 is 50.0 Å². The third-order valence-corrected chi connectivity index (χ3v) is 8.00. The van der Waals surface area contributed by atoms with E-state index < -0.39 is 0 Å². The molecule has 0 aliphatic heterocycles. The molecule has 4 aromatic carbocycles. The molecule has 0 saturated carbocycles. The van der Waals surface area contributed by atoms with E-state index in [9.17, 15) is 4.79 Å². The molecule has 0 bridgehead atoms. The molecule has 35 heavy (non-hydrogen) atoms. The van der Waals surface area contributed by atoms with Gasteiger partial charge in [0.1, 0.15) is 5.00 Å². The molecule has 172 valence electrons. The molecule has 1 aliphatic carbocycles. The quantitative estimate of drug-likeness (QED) is 0.207. The lowest BCUT2D eigenvalue weighted by molar-refractivity contribution is 0.0951. The van der Waals surface area contributed by atoms with Crippen LogP contribution in [0.5, 0.6) is 0 Å². The highest BCUT2D eigenvalue weighted by atomic mass is 32.1. The fraction of sp³-hybridized carbons (Fsp3) is 0.161. The molecule has 0 unspecified atom stereocenters. The summed E-state index contributed by atoms with van der Waals surface area (Å²) in [6.45, 7) is 0.515. The Morgan fingerprint density at radius 1 is 0.857 bits per heavy atom. The highest BCUT2D eigenvalue weighted by Crippen LogP contribution is 2.40. The summed E-state index contributed by atoms with van der Waals surface area (Å²) in [5.41, 5.74) is 4.15. The van der Waals surface area contributed by atoms with Crippen LogP contribution < -0.4 is 5.32 Å². The Balaban J connectivity index is 1.42. The maximum atomic E-state index is 13.4. The van der Waals surface area contributed by atoms with Crippen molar-refractivity contribution in [2.24, 2.45) is 4.99 Å². The molecule has 0 saturated heterocycles. The Bertz CT molecular complexity index is 1510. The van der Waals surface area contributed by atoms with Gasteiger partial charge >= 0.3 is 0 Å². The Labute approximate surface area is 209 Å². The van der Waals surface area contributed by atoms with Gasteiger partial charge in [-0.2, -0.15) is 0 Å². The van der Waals surface area contributed by atoms with E-state index in [4.69, 9.17) is 4.99 Å². The number of nitrogens with one attached hydrogen (secondary N) is 1. The van der Waals surface area contributed by atoms with Crippen LogP contribution in [0.25, 0.3) is 21.5 Å². The summed E-state index contributed by atoms with van der Waals surface area (Å²) < 4.78 is 0. The van der Waals surface area contributed by atoms with Crippen molar-refractivity contribution in [1.29, 1.82) is 0 Å². The number of thiophene rings is 1. The third-order valence-electron chi connectivity index (χ3n) is 6.80. The van der Waals surface area contributed by atoms with Crippen molar-refractivity contribution in [2.45, 2.75) is 32.2 Å². The van der Waals surface area contributed by atoms with Gasteiger partial charge in [-0.15, -0.1) is 11.3 Å². The van der Waals surface area contributed by atoms with Crippen LogP contribution in [0.2, 0.25) is 0 Å². The van der Waals surface area contributed by atoms with E-state index in [0.29, 0.717) is 6.54 Å². The van der Waals surface area contributed by atoms with Crippen molar-refractivity contribution in [3.8, 4) is 0 Å². The maximum absolute atomic E-state index is 13.4. The summed E-state index contributed by atoms with van der Waals surface area (Å²) in [6, 6.07) is 29.2. The van der Waals surface area contributed by atoms with Gasteiger partial charge in [0.2, 0.25) is 0 Å². The van der Waals surface area contributed by atoms with Crippen LogP contribution in [0.3, 0.4) is 0 Å². The van der Waals surface area contributed by atoms with E-state index in [2.05, 4.69) is 59.9 Å². The van der Waals surface area contributed by atoms with E-state index >= 15 is 0 Å². The van der Waals surface area contributed by atoms with Gasteiger partial charge in [-0.05, 0) is 64.4 Å². The van der Waals surface area contributed by atoms with Gasteiger partial charge in [-0.1, -0.05) is 78.9 Å². The predicted molar refractivity (Wildman–Crippen MR) is 147 cm³/mol. The molecule has 0 atom stereocenters. The molecular weight excluding hydrogens is 448 g/mol. The molecule has 0 spiro atoms. The lowest BCUT2D eigenvalue weighted by atomic mass is 9.95. The average molecular weight is 475 g/mol. The number of carbonyl (C=O) groups excluding carboxylic acids is 1. The number of aliphatic imine (C=N–C) groups is 1. The molecule has 1 heterocycles. The molecule has 0 radical (unpaired) electrons. The molecule has 6 rings (SSSR count). The van der Waals surface area contributed by atoms with Crippen molar-refractivity contribution in [1.82, 2.24) is 5.32 Å². The summed E-state index contributed by atoms with van der Waals surface area (Å²) in [5.74, 6) is -0.0248. The first-order valence-electron chi connectivity index (χ1n) is 12.2. The highest BCUT2D eigenvalue weighted by molar-refractivity contribution is 7.16. The zero-order valence-electron chi connectivity index (χ0n) is 19.5. The monoisotopic (exact) mass is 474 g/mol. The average Bonchev–Trinajstić information content (AvgIpc) is 3.28. The number of hydrogen-bond donors (Lipinski definition) is 1. The third kappa shape index (κ3) is 4.26. The summed E-state index contributed by atoms with van der Waals surface area (Å²) in [6.07, 6.45) is 6.25. The number of benzene rings is 4. The summed E-state index contributed by atoms with van der Waals surface area (Å²) in [4.78, 5) is 19.7. The summed E-state index contributed by atoms with van der Waals surface area (Å²) in [5, 5.41) is 8.69. The van der Waals surface area contributed by atoms with Crippen LogP contribution in [0.4, 0.5) is 5.00 Å². The van der Waals surface area contributed by atoms with Crippen molar-refractivity contribution in [3.63, 3.8) is 0 Å². The normalized spacial score (nSPS) is 13.4. The smallest absolute Gasteiger partial charge is 0.254 e. The molecule has 0 fully saturated rings. The number of amides is 1. The van der Waals surface area contributed by atoms with Crippen LogP contribution >= 0.6 is 11.3 Å². The Hall–Kier alpha value is -3.76. The largest absolute Gasteiger partial charge is 0.348 e. The van der Waals surface area contributed by atoms with E-state index in [1.165, 1.54) is 38.4 Å². The van der Waals surface area contributed by atoms with Gasteiger partial charge < -0.3 is 5.32 Å². The lowest BCUT2D eigenvalue weighted by Crippen LogP contribution is -2.24. The van der Waals surface area contributed by atoms with Gasteiger partial charge in [0.25, 0.3) is 5.91 Å². The van der Waals surface area contributed by atoms with E-state index in [-0.39, 0.29) is 5.91 Å². The lowest BCUT2D eigenvalue weighted by Gasteiger charge is -2.13. The number of aryl methyl sites for hydroxylation is 1. The minimum absolute atomic E-state index is 0.0248. The second-order valence-corrected chi connectivity index (χ2v) is 10.1. The van der Waals surface area contributed by atoms with Crippen LogP contribution in [0, 0.1) is 0 Å². The Kier molecular flexibility index (Phi) is 5.89. The zero-order chi connectivity index (χ0) is 23.6. The molecule has 1 N–H and O–H groups in total. The van der Waals surface area contributed by atoms with Crippen LogP contribution in [0.1, 0.15) is 44.8 Å². The topological polar surface area (TPSA) is 41.5 Å². The predicted octanol–water partition coefficient (Wildman–Crippen LogP) is 7.61. The highest BCUT2D eigenvalue weighted by Gasteiger charge is 2.25. The molecule has 1 aliphatic rings. The molecule has 1 amide bonds. The fourth-order valence-electron chi connectivity index (χ4n) is 5.05. The minimum atomic E-state index is -0.0248. The molecule has 5 aromatic rings.